The number of nitrogen functional groups attached to an aromatic ring is 1. The van der Waals surface area contributed by atoms with Gasteiger partial charge in [0, 0.05) is 19.3 Å². The van der Waals surface area contributed by atoms with Crippen LogP contribution in [0.4, 0.5) is 5.82 Å². The number of aliphatic hydroxyl groups excluding tert-OH is 1. The predicted molar refractivity (Wildman–Crippen MR) is 81.5 cm³/mol. The number of rotatable bonds is 5. The number of fused-ring (bicyclic) bond motifs is 1. The SMILES string of the molecule is CC(O)CCN(C)c1nc2c(cc1C(=N)N)CCCC2. The highest BCUT2D eigenvalue weighted by Gasteiger charge is 2.18. The van der Waals surface area contributed by atoms with E-state index in [9.17, 15) is 5.11 Å². The van der Waals surface area contributed by atoms with Crippen molar-refractivity contribution in [2.75, 3.05) is 18.5 Å². The summed E-state index contributed by atoms with van der Waals surface area (Å²) in [6.07, 6.45) is 4.73. The molecule has 1 heterocycles. The second-order valence-corrected chi connectivity index (χ2v) is 5.65. The van der Waals surface area contributed by atoms with E-state index >= 15 is 0 Å². The van der Waals surface area contributed by atoms with Gasteiger partial charge in [-0.15, -0.1) is 0 Å². The molecule has 20 heavy (non-hydrogen) atoms. The van der Waals surface area contributed by atoms with Crippen LogP contribution in [0, 0.1) is 5.41 Å². The molecule has 0 saturated carbocycles. The molecule has 1 atom stereocenters. The summed E-state index contributed by atoms with van der Waals surface area (Å²) in [5.41, 5.74) is 8.79. The molecular weight excluding hydrogens is 252 g/mol. The number of hydrogen-bond acceptors (Lipinski definition) is 4. The number of hydrogen-bond donors (Lipinski definition) is 3. The molecule has 0 saturated heterocycles. The van der Waals surface area contributed by atoms with Gasteiger partial charge in [-0.3, -0.25) is 5.41 Å². The Bertz CT molecular complexity index is 499. The van der Waals surface area contributed by atoms with Crippen molar-refractivity contribution in [3.63, 3.8) is 0 Å². The average Bonchev–Trinajstić information content (AvgIpc) is 2.43. The summed E-state index contributed by atoms with van der Waals surface area (Å²) in [4.78, 5) is 6.72. The molecule has 0 aromatic carbocycles. The van der Waals surface area contributed by atoms with Crippen molar-refractivity contribution >= 4 is 11.7 Å². The van der Waals surface area contributed by atoms with Crippen molar-refractivity contribution in [3.8, 4) is 0 Å². The van der Waals surface area contributed by atoms with Gasteiger partial charge in [-0.1, -0.05) is 0 Å². The van der Waals surface area contributed by atoms with Gasteiger partial charge in [0.2, 0.25) is 0 Å². The van der Waals surface area contributed by atoms with E-state index in [1.54, 1.807) is 6.92 Å². The molecule has 0 aliphatic heterocycles. The Kier molecular flexibility index (Phi) is 4.60. The largest absolute Gasteiger partial charge is 0.393 e. The maximum absolute atomic E-state index is 9.40. The summed E-state index contributed by atoms with van der Waals surface area (Å²) in [7, 11) is 1.94. The summed E-state index contributed by atoms with van der Waals surface area (Å²) in [5, 5.41) is 17.2. The van der Waals surface area contributed by atoms with Gasteiger partial charge in [-0.05, 0) is 50.7 Å². The Morgan fingerprint density at radius 2 is 2.20 bits per heavy atom. The normalized spacial score (nSPS) is 15.6. The lowest BCUT2D eigenvalue weighted by Gasteiger charge is -2.25. The molecule has 0 fully saturated rings. The topological polar surface area (TPSA) is 86.2 Å². The molecule has 0 bridgehead atoms. The van der Waals surface area contributed by atoms with Crippen molar-refractivity contribution in [3.05, 3.63) is 22.9 Å². The van der Waals surface area contributed by atoms with Crippen LogP contribution in [0.15, 0.2) is 6.07 Å². The first-order valence-corrected chi connectivity index (χ1v) is 7.25. The molecule has 1 aliphatic carbocycles. The van der Waals surface area contributed by atoms with Crippen molar-refractivity contribution in [1.82, 2.24) is 4.98 Å². The number of amidine groups is 1. The summed E-state index contributed by atoms with van der Waals surface area (Å²) in [6, 6.07) is 2.03. The van der Waals surface area contributed by atoms with Crippen LogP contribution in [0.3, 0.4) is 0 Å². The second kappa shape index (κ2) is 6.22. The highest BCUT2D eigenvalue weighted by Crippen LogP contribution is 2.26. The summed E-state index contributed by atoms with van der Waals surface area (Å²) >= 11 is 0. The zero-order valence-electron chi connectivity index (χ0n) is 12.3. The quantitative estimate of drug-likeness (QED) is 0.561. The van der Waals surface area contributed by atoms with Crippen LogP contribution in [0.2, 0.25) is 0 Å². The van der Waals surface area contributed by atoms with Gasteiger partial charge >= 0.3 is 0 Å². The van der Waals surface area contributed by atoms with Crippen molar-refractivity contribution in [1.29, 1.82) is 5.41 Å². The third-order valence-corrected chi connectivity index (χ3v) is 3.81. The lowest BCUT2D eigenvalue weighted by Crippen LogP contribution is -2.27. The number of aliphatic hydroxyl groups is 1. The fourth-order valence-corrected chi connectivity index (χ4v) is 2.60. The van der Waals surface area contributed by atoms with Crippen LogP contribution in [0.5, 0.6) is 0 Å². The third kappa shape index (κ3) is 3.28. The Morgan fingerprint density at radius 1 is 1.50 bits per heavy atom. The van der Waals surface area contributed by atoms with Crippen molar-refractivity contribution in [2.45, 2.75) is 45.1 Å². The van der Waals surface area contributed by atoms with E-state index in [0.717, 1.165) is 24.4 Å². The predicted octanol–water partition coefficient (Wildman–Crippen LogP) is 1.45. The molecule has 0 spiro atoms. The summed E-state index contributed by atoms with van der Waals surface area (Å²) in [5.74, 6) is 0.823. The number of aryl methyl sites for hydroxylation is 2. The number of aromatic nitrogens is 1. The monoisotopic (exact) mass is 276 g/mol. The van der Waals surface area contributed by atoms with Crippen molar-refractivity contribution < 1.29 is 5.11 Å². The van der Waals surface area contributed by atoms with Crippen LogP contribution in [0.25, 0.3) is 0 Å². The minimum absolute atomic E-state index is 0.0600. The number of nitrogens with zero attached hydrogens (tertiary/aromatic N) is 2. The van der Waals surface area contributed by atoms with Gasteiger partial charge in [0.15, 0.2) is 0 Å². The molecule has 2 rings (SSSR count). The van der Waals surface area contributed by atoms with Crippen LogP contribution in [-0.2, 0) is 12.8 Å². The van der Waals surface area contributed by atoms with E-state index in [0.29, 0.717) is 18.5 Å². The smallest absolute Gasteiger partial charge is 0.139 e. The molecule has 0 radical (unpaired) electrons. The van der Waals surface area contributed by atoms with Gasteiger partial charge in [-0.25, -0.2) is 4.98 Å². The summed E-state index contributed by atoms with van der Waals surface area (Å²) < 4.78 is 0. The van der Waals surface area contributed by atoms with E-state index in [2.05, 4.69) is 0 Å². The number of anilines is 1. The molecule has 1 unspecified atom stereocenters. The first-order chi connectivity index (χ1) is 9.49. The van der Waals surface area contributed by atoms with Crippen LogP contribution in [-0.4, -0.2) is 35.6 Å². The van der Waals surface area contributed by atoms with E-state index in [1.807, 2.05) is 18.0 Å². The average molecular weight is 276 g/mol. The Hall–Kier alpha value is -1.62. The zero-order valence-corrected chi connectivity index (χ0v) is 12.3. The van der Waals surface area contributed by atoms with Gasteiger partial charge < -0.3 is 15.7 Å². The minimum Gasteiger partial charge on any atom is -0.393 e. The van der Waals surface area contributed by atoms with E-state index < -0.39 is 0 Å². The van der Waals surface area contributed by atoms with E-state index in [1.165, 1.54) is 18.4 Å². The second-order valence-electron chi connectivity index (χ2n) is 5.65. The molecular formula is C15H24N4O. The lowest BCUT2D eigenvalue weighted by molar-refractivity contribution is 0.187. The minimum atomic E-state index is -0.337. The molecule has 4 N–H and O–H groups in total. The van der Waals surface area contributed by atoms with Crippen LogP contribution < -0.4 is 10.6 Å². The molecule has 1 aromatic heterocycles. The number of nitrogens with one attached hydrogen (secondary N) is 1. The maximum atomic E-state index is 9.40. The van der Waals surface area contributed by atoms with E-state index in [-0.39, 0.29) is 11.9 Å². The first kappa shape index (κ1) is 14.8. The van der Waals surface area contributed by atoms with Crippen molar-refractivity contribution in [2.24, 2.45) is 5.73 Å². The van der Waals surface area contributed by atoms with Crippen LogP contribution >= 0.6 is 0 Å². The lowest BCUT2D eigenvalue weighted by atomic mass is 9.94. The molecule has 5 nitrogen and oxygen atoms in total. The molecule has 0 amide bonds. The molecule has 1 aromatic rings. The number of pyridine rings is 1. The van der Waals surface area contributed by atoms with Gasteiger partial charge in [0.05, 0.1) is 11.7 Å². The maximum Gasteiger partial charge on any atom is 0.139 e. The van der Waals surface area contributed by atoms with Gasteiger partial charge in [-0.2, -0.15) is 0 Å². The highest BCUT2D eigenvalue weighted by molar-refractivity contribution is 5.99. The zero-order chi connectivity index (χ0) is 14.7. The Balaban J connectivity index is 2.32. The molecule has 110 valence electrons. The van der Waals surface area contributed by atoms with Gasteiger partial charge in [0.1, 0.15) is 11.7 Å². The fourth-order valence-electron chi connectivity index (χ4n) is 2.60. The first-order valence-electron chi connectivity index (χ1n) is 7.25. The Labute approximate surface area is 120 Å². The summed E-state index contributed by atoms with van der Waals surface area (Å²) in [6.45, 7) is 2.48. The standard InChI is InChI=1S/C15H24N4O/c1-10(20)7-8-19(2)15-12(14(16)17)9-11-5-3-4-6-13(11)18-15/h9-10,20H,3-8H2,1-2H3,(H3,16,17). The molecule has 5 heteroatoms. The number of nitrogens with two attached hydrogens (primary N) is 1. The highest BCUT2D eigenvalue weighted by atomic mass is 16.3. The Morgan fingerprint density at radius 3 is 2.85 bits per heavy atom. The molecule has 1 aliphatic rings. The van der Waals surface area contributed by atoms with E-state index in [4.69, 9.17) is 16.1 Å². The third-order valence-electron chi connectivity index (χ3n) is 3.81. The van der Waals surface area contributed by atoms with Gasteiger partial charge in [0.25, 0.3) is 0 Å². The van der Waals surface area contributed by atoms with Crippen LogP contribution in [0.1, 0.15) is 43.0 Å². The fraction of sp³-hybridized carbons (Fsp3) is 0.600.